The monoisotopic (exact) mass is 223 g/mol. The number of nitrogens with two attached hydrogens (primary N) is 1. The molecule has 5 nitrogen and oxygen atoms in total. The van der Waals surface area contributed by atoms with Crippen LogP contribution < -0.4 is 11.3 Å². The fourth-order valence-electron chi connectivity index (χ4n) is 1.48. The first-order valence-electron chi connectivity index (χ1n) is 5.26. The summed E-state index contributed by atoms with van der Waals surface area (Å²) in [6.45, 7) is 4.73. The van der Waals surface area contributed by atoms with Gasteiger partial charge in [-0.1, -0.05) is 0 Å². The van der Waals surface area contributed by atoms with Crippen LogP contribution in [0, 0.1) is 0 Å². The van der Waals surface area contributed by atoms with Gasteiger partial charge in [-0.15, -0.1) is 0 Å². The number of amides is 1. The number of rotatable bonds is 4. The van der Waals surface area contributed by atoms with E-state index in [0.717, 1.165) is 0 Å². The molecular formula is C11H17N3O2. The van der Waals surface area contributed by atoms with E-state index in [0.29, 0.717) is 18.7 Å². The van der Waals surface area contributed by atoms with Gasteiger partial charge < -0.3 is 15.6 Å². The quantitative estimate of drug-likeness (QED) is 0.764. The van der Waals surface area contributed by atoms with Crippen molar-refractivity contribution in [1.82, 2.24) is 9.88 Å². The first kappa shape index (κ1) is 12.4. The van der Waals surface area contributed by atoms with E-state index in [9.17, 15) is 9.59 Å². The highest BCUT2D eigenvalue weighted by Crippen LogP contribution is 2.05. The molecule has 3 N–H and O–H groups in total. The number of carbonyl (C=O) groups excluding carboxylic acids is 1. The number of nitrogens with zero attached hydrogens (tertiary/aromatic N) is 1. The van der Waals surface area contributed by atoms with Crippen LogP contribution in [0.25, 0.3) is 0 Å². The molecule has 0 aromatic carbocycles. The molecule has 1 amide bonds. The standard InChI is InChI=1S/C11H17N3O2/c1-8(2)14(6-4-12)11(16)9-3-5-13-10(15)7-9/h3,5,7-8H,4,6,12H2,1-2H3,(H,13,15). The van der Waals surface area contributed by atoms with Crippen molar-refractivity contribution in [2.24, 2.45) is 5.73 Å². The average molecular weight is 223 g/mol. The Labute approximate surface area is 94.3 Å². The lowest BCUT2D eigenvalue weighted by molar-refractivity contribution is 0.0711. The van der Waals surface area contributed by atoms with Crippen molar-refractivity contribution in [3.8, 4) is 0 Å². The Balaban J connectivity index is 2.94. The number of pyridine rings is 1. The molecule has 1 aromatic heterocycles. The smallest absolute Gasteiger partial charge is 0.254 e. The molecule has 0 saturated carbocycles. The molecule has 16 heavy (non-hydrogen) atoms. The second-order valence-electron chi connectivity index (χ2n) is 3.82. The van der Waals surface area contributed by atoms with Gasteiger partial charge in [0.1, 0.15) is 0 Å². The fourth-order valence-corrected chi connectivity index (χ4v) is 1.48. The summed E-state index contributed by atoms with van der Waals surface area (Å²) in [7, 11) is 0. The molecule has 5 heteroatoms. The van der Waals surface area contributed by atoms with Gasteiger partial charge in [0.15, 0.2) is 0 Å². The third-order valence-corrected chi connectivity index (χ3v) is 2.28. The molecule has 0 spiro atoms. The number of hydrogen-bond acceptors (Lipinski definition) is 3. The van der Waals surface area contributed by atoms with Crippen LogP contribution in [-0.2, 0) is 0 Å². The molecule has 0 aliphatic rings. The molecule has 0 unspecified atom stereocenters. The third-order valence-electron chi connectivity index (χ3n) is 2.28. The van der Waals surface area contributed by atoms with Crippen LogP contribution in [0.1, 0.15) is 24.2 Å². The van der Waals surface area contributed by atoms with Gasteiger partial charge in [0, 0.05) is 37.0 Å². The SMILES string of the molecule is CC(C)N(CCN)C(=O)c1cc[nH]c(=O)c1. The maximum absolute atomic E-state index is 12.0. The van der Waals surface area contributed by atoms with Crippen LogP contribution >= 0.6 is 0 Å². The molecule has 0 aliphatic carbocycles. The molecule has 0 bridgehead atoms. The first-order valence-corrected chi connectivity index (χ1v) is 5.26. The minimum atomic E-state index is -0.276. The van der Waals surface area contributed by atoms with Gasteiger partial charge in [-0.25, -0.2) is 0 Å². The summed E-state index contributed by atoms with van der Waals surface area (Å²) in [5, 5.41) is 0. The summed E-state index contributed by atoms with van der Waals surface area (Å²) in [6.07, 6.45) is 1.47. The molecule has 0 aliphatic heterocycles. The molecule has 0 saturated heterocycles. The Morgan fingerprint density at radius 3 is 2.75 bits per heavy atom. The number of aromatic nitrogens is 1. The molecule has 1 aromatic rings. The van der Waals surface area contributed by atoms with E-state index in [4.69, 9.17) is 5.73 Å². The van der Waals surface area contributed by atoms with Crippen molar-refractivity contribution in [2.75, 3.05) is 13.1 Å². The van der Waals surface area contributed by atoms with Gasteiger partial charge in [-0.2, -0.15) is 0 Å². The summed E-state index contributed by atoms with van der Waals surface area (Å²) < 4.78 is 0. The van der Waals surface area contributed by atoms with Crippen molar-refractivity contribution in [3.63, 3.8) is 0 Å². The van der Waals surface area contributed by atoms with Crippen LogP contribution in [0.5, 0.6) is 0 Å². The van der Waals surface area contributed by atoms with Crippen LogP contribution in [0.3, 0.4) is 0 Å². The van der Waals surface area contributed by atoms with E-state index in [2.05, 4.69) is 4.98 Å². The van der Waals surface area contributed by atoms with E-state index < -0.39 is 0 Å². The highest BCUT2D eigenvalue weighted by molar-refractivity contribution is 5.94. The van der Waals surface area contributed by atoms with Crippen molar-refractivity contribution < 1.29 is 4.79 Å². The third kappa shape index (κ3) is 2.93. The fraction of sp³-hybridized carbons (Fsp3) is 0.455. The highest BCUT2D eigenvalue weighted by Gasteiger charge is 2.17. The maximum atomic E-state index is 12.0. The minimum absolute atomic E-state index is 0.0651. The number of aromatic amines is 1. The van der Waals surface area contributed by atoms with Gasteiger partial charge in [0.2, 0.25) is 5.56 Å². The highest BCUT2D eigenvalue weighted by atomic mass is 16.2. The molecule has 1 heterocycles. The minimum Gasteiger partial charge on any atom is -0.335 e. The van der Waals surface area contributed by atoms with Gasteiger partial charge in [0.05, 0.1) is 0 Å². The molecule has 0 fully saturated rings. The lowest BCUT2D eigenvalue weighted by Gasteiger charge is -2.26. The Morgan fingerprint density at radius 1 is 1.56 bits per heavy atom. The van der Waals surface area contributed by atoms with Gasteiger partial charge in [0.25, 0.3) is 5.91 Å². The van der Waals surface area contributed by atoms with Gasteiger partial charge >= 0.3 is 0 Å². The second kappa shape index (κ2) is 5.46. The number of nitrogens with one attached hydrogen (secondary N) is 1. The summed E-state index contributed by atoms with van der Waals surface area (Å²) in [5.41, 5.74) is 5.57. The summed E-state index contributed by atoms with van der Waals surface area (Å²) in [5.74, 6) is -0.161. The van der Waals surface area contributed by atoms with E-state index in [1.165, 1.54) is 12.3 Å². The van der Waals surface area contributed by atoms with E-state index >= 15 is 0 Å². The maximum Gasteiger partial charge on any atom is 0.254 e. The van der Waals surface area contributed by atoms with Gasteiger partial charge in [-0.05, 0) is 19.9 Å². The van der Waals surface area contributed by atoms with Crippen molar-refractivity contribution in [3.05, 3.63) is 34.2 Å². The largest absolute Gasteiger partial charge is 0.335 e. The van der Waals surface area contributed by atoms with Crippen LogP contribution in [0.2, 0.25) is 0 Å². The summed E-state index contributed by atoms with van der Waals surface area (Å²) in [4.78, 5) is 27.3. The predicted octanol–water partition coefficient (Wildman–Crippen LogP) is 0.184. The first-order chi connectivity index (χ1) is 7.56. The zero-order valence-corrected chi connectivity index (χ0v) is 9.56. The Kier molecular flexibility index (Phi) is 4.25. The van der Waals surface area contributed by atoms with Gasteiger partial charge in [-0.3, -0.25) is 9.59 Å². The molecule has 88 valence electrons. The van der Waals surface area contributed by atoms with Crippen molar-refractivity contribution in [1.29, 1.82) is 0 Å². The van der Waals surface area contributed by atoms with Crippen molar-refractivity contribution in [2.45, 2.75) is 19.9 Å². The van der Waals surface area contributed by atoms with Crippen LogP contribution in [0.4, 0.5) is 0 Å². The topological polar surface area (TPSA) is 79.2 Å². The summed E-state index contributed by atoms with van der Waals surface area (Å²) >= 11 is 0. The van der Waals surface area contributed by atoms with E-state index in [1.807, 2.05) is 13.8 Å². The Morgan fingerprint density at radius 2 is 2.25 bits per heavy atom. The van der Waals surface area contributed by atoms with Crippen LogP contribution in [-0.4, -0.2) is 34.9 Å². The lowest BCUT2D eigenvalue weighted by atomic mass is 10.2. The van der Waals surface area contributed by atoms with Crippen molar-refractivity contribution >= 4 is 5.91 Å². The summed E-state index contributed by atoms with van der Waals surface area (Å²) in [6, 6.07) is 2.96. The number of hydrogen-bond donors (Lipinski definition) is 2. The zero-order chi connectivity index (χ0) is 12.1. The second-order valence-corrected chi connectivity index (χ2v) is 3.82. The number of carbonyl (C=O) groups is 1. The Hall–Kier alpha value is -1.62. The van der Waals surface area contributed by atoms with E-state index in [-0.39, 0.29) is 17.5 Å². The number of H-pyrrole nitrogens is 1. The molecule has 0 radical (unpaired) electrons. The predicted molar refractivity (Wildman–Crippen MR) is 62.3 cm³/mol. The molecular weight excluding hydrogens is 206 g/mol. The lowest BCUT2D eigenvalue weighted by Crippen LogP contribution is -2.40. The molecule has 1 rings (SSSR count). The van der Waals surface area contributed by atoms with E-state index in [1.54, 1.807) is 11.0 Å². The molecule has 0 atom stereocenters. The normalized spacial score (nSPS) is 10.5. The average Bonchev–Trinajstić information content (AvgIpc) is 2.24. The van der Waals surface area contributed by atoms with Crippen LogP contribution in [0.15, 0.2) is 23.1 Å². The zero-order valence-electron chi connectivity index (χ0n) is 9.56. The Bertz CT molecular complexity index is 412.